The normalized spacial score (nSPS) is 12.0. The molecule has 0 radical (unpaired) electrons. The molecular formula is C57H35N3O. The van der Waals surface area contributed by atoms with Gasteiger partial charge in [-0.1, -0.05) is 158 Å². The molecule has 10 aromatic carbocycles. The molecule has 0 atom stereocenters. The number of hydrogen-bond donors (Lipinski definition) is 0. The van der Waals surface area contributed by atoms with Crippen LogP contribution in [0.2, 0.25) is 0 Å². The molecule has 0 aliphatic rings. The van der Waals surface area contributed by atoms with Gasteiger partial charge in [-0.25, -0.2) is 9.97 Å². The first-order valence-electron chi connectivity index (χ1n) is 20.8. The summed E-state index contributed by atoms with van der Waals surface area (Å²) < 4.78 is 8.83. The van der Waals surface area contributed by atoms with E-state index in [9.17, 15) is 0 Å². The summed E-state index contributed by atoms with van der Waals surface area (Å²) in [6, 6.07) is 69.5. The van der Waals surface area contributed by atoms with Gasteiger partial charge in [-0.15, -0.1) is 0 Å². The molecule has 61 heavy (non-hydrogen) atoms. The number of fused-ring (bicyclic) bond motifs is 14. The van der Waals surface area contributed by atoms with Gasteiger partial charge in [0.05, 0.1) is 16.7 Å². The van der Waals surface area contributed by atoms with E-state index in [1.807, 2.05) is 12.1 Å². The SMILES string of the molecule is Cc1c(-c2ccc3c(c2)oc2ccccc23)nc(-c2ccc(-c3ccccc3)cc2)nc1-n1c2cc3ccccc3cc2c2c3c4ccccc4c4ccccc4c3ccc21. The average Bonchev–Trinajstić information content (AvgIpc) is 3.86. The first-order chi connectivity index (χ1) is 30.2. The number of hydrogen-bond acceptors (Lipinski definition) is 3. The minimum Gasteiger partial charge on any atom is -0.456 e. The van der Waals surface area contributed by atoms with Gasteiger partial charge in [-0.2, -0.15) is 0 Å². The molecule has 0 aliphatic carbocycles. The van der Waals surface area contributed by atoms with Crippen LogP contribution in [0, 0.1) is 6.92 Å². The predicted molar refractivity (Wildman–Crippen MR) is 255 cm³/mol. The molecule has 13 aromatic rings. The zero-order valence-corrected chi connectivity index (χ0v) is 33.2. The summed E-state index contributed by atoms with van der Waals surface area (Å²) in [5, 5.41) is 14.5. The number of nitrogens with zero attached hydrogens (tertiary/aromatic N) is 3. The van der Waals surface area contributed by atoms with Gasteiger partial charge in [-0.05, 0) is 92.2 Å². The van der Waals surface area contributed by atoms with Crippen LogP contribution in [0.3, 0.4) is 0 Å². The van der Waals surface area contributed by atoms with Crippen LogP contribution in [0.25, 0.3) is 126 Å². The van der Waals surface area contributed by atoms with Crippen molar-refractivity contribution >= 4 is 86.8 Å². The van der Waals surface area contributed by atoms with Crippen molar-refractivity contribution in [2.45, 2.75) is 6.92 Å². The Labute approximate surface area is 350 Å². The highest BCUT2D eigenvalue weighted by Crippen LogP contribution is 2.45. The summed E-state index contributed by atoms with van der Waals surface area (Å²) in [5.41, 5.74) is 9.99. The van der Waals surface area contributed by atoms with Gasteiger partial charge in [-0.3, -0.25) is 4.57 Å². The second-order valence-corrected chi connectivity index (χ2v) is 16.1. The van der Waals surface area contributed by atoms with E-state index >= 15 is 0 Å². The fraction of sp³-hybridized carbons (Fsp3) is 0.0175. The minimum atomic E-state index is 0.660. The van der Waals surface area contributed by atoms with Crippen molar-refractivity contribution in [3.63, 3.8) is 0 Å². The maximum atomic E-state index is 6.44. The molecule has 0 saturated heterocycles. The zero-order chi connectivity index (χ0) is 40.2. The lowest BCUT2D eigenvalue weighted by atomic mass is 9.91. The molecule has 0 bridgehead atoms. The summed E-state index contributed by atoms with van der Waals surface area (Å²) in [5.74, 6) is 1.50. The van der Waals surface area contributed by atoms with Gasteiger partial charge in [0.1, 0.15) is 17.0 Å². The van der Waals surface area contributed by atoms with Crippen LogP contribution in [0.1, 0.15) is 5.56 Å². The van der Waals surface area contributed by atoms with Gasteiger partial charge in [0.2, 0.25) is 0 Å². The number of furan rings is 1. The van der Waals surface area contributed by atoms with E-state index in [-0.39, 0.29) is 0 Å². The van der Waals surface area contributed by atoms with Crippen LogP contribution in [0.4, 0.5) is 0 Å². The van der Waals surface area contributed by atoms with E-state index in [1.165, 1.54) is 59.4 Å². The van der Waals surface area contributed by atoms with Gasteiger partial charge >= 0.3 is 0 Å². The predicted octanol–water partition coefficient (Wildman–Crippen LogP) is 15.4. The summed E-state index contributed by atoms with van der Waals surface area (Å²) in [7, 11) is 0. The number of rotatable bonds is 4. The Kier molecular flexibility index (Phi) is 7.19. The zero-order valence-electron chi connectivity index (χ0n) is 33.2. The van der Waals surface area contributed by atoms with Crippen molar-refractivity contribution in [3.8, 4) is 39.6 Å². The Bertz CT molecular complexity index is 3900. The van der Waals surface area contributed by atoms with Crippen molar-refractivity contribution in [2.75, 3.05) is 0 Å². The average molecular weight is 778 g/mol. The standard InChI is InChI=1S/C57H35N3O/c1-34-55(40-27-28-45-44-20-11-12-22-51(44)61-52(45)33-40)58-56(37-25-23-36(24-26-37)35-13-3-2-4-14-35)59-57(34)60-49-30-29-47-43-19-8-7-17-41(43)42-18-9-10-21-46(42)53(47)54(49)48-31-38-15-5-6-16-39(38)32-50(48)60/h2-33H,1H3. The highest BCUT2D eigenvalue weighted by molar-refractivity contribution is 6.35. The smallest absolute Gasteiger partial charge is 0.162 e. The van der Waals surface area contributed by atoms with E-state index < -0.39 is 0 Å². The molecular weight excluding hydrogens is 743 g/mol. The lowest BCUT2D eigenvalue weighted by molar-refractivity contribution is 0.669. The lowest BCUT2D eigenvalue weighted by Crippen LogP contribution is -2.06. The van der Waals surface area contributed by atoms with Crippen LogP contribution in [0.5, 0.6) is 0 Å². The molecule has 4 heteroatoms. The van der Waals surface area contributed by atoms with Gasteiger partial charge in [0, 0.05) is 43.6 Å². The third-order valence-corrected chi connectivity index (χ3v) is 12.7. The van der Waals surface area contributed by atoms with E-state index in [1.54, 1.807) is 0 Å². The highest BCUT2D eigenvalue weighted by Gasteiger charge is 2.24. The molecule has 284 valence electrons. The third-order valence-electron chi connectivity index (χ3n) is 12.7. The Morgan fingerprint density at radius 2 is 0.934 bits per heavy atom. The van der Waals surface area contributed by atoms with Crippen molar-refractivity contribution in [1.82, 2.24) is 14.5 Å². The second kappa shape index (κ2) is 13.0. The minimum absolute atomic E-state index is 0.660. The molecule has 0 N–H and O–H groups in total. The monoisotopic (exact) mass is 777 g/mol. The Morgan fingerprint density at radius 1 is 0.377 bits per heavy atom. The van der Waals surface area contributed by atoms with Crippen LogP contribution in [-0.4, -0.2) is 14.5 Å². The lowest BCUT2D eigenvalue weighted by Gasteiger charge is -2.17. The Hall–Kier alpha value is -8.08. The molecule has 4 nitrogen and oxygen atoms in total. The van der Waals surface area contributed by atoms with Crippen molar-refractivity contribution < 1.29 is 4.42 Å². The Balaban J connectivity index is 1.15. The topological polar surface area (TPSA) is 43.9 Å². The maximum absolute atomic E-state index is 6.44. The maximum Gasteiger partial charge on any atom is 0.162 e. The molecule has 0 amide bonds. The van der Waals surface area contributed by atoms with E-state index in [2.05, 4.69) is 193 Å². The van der Waals surface area contributed by atoms with Gasteiger partial charge < -0.3 is 4.42 Å². The van der Waals surface area contributed by atoms with E-state index in [4.69, 9.17) is 14.4 Å². The molecule has 0 saturated carbocycles. The molecule has 0 fully saturated rings. The van der Waals surface area contributed by atoms with Crippen molar-refractivity contribution in [1.29, 1.82) is 0 Å². The third kappa shape index (κ3) is 5.06. The van der Waals surface area contributed by atoms with Gasteiger partial charge in [0.15, 0.2) is 5.82 Å². The fourth-order valence-electron chi connectivity index (χ4n) is 9.86. The van der Waals surface area contributed by atoms with Crippen molar-refractivity contribution in [2.24, 2.45) is 0 Å². The van der Waals surface area contributed by atoms with E-state index in [0.29, 0.717) is 5.82 Å². The Morgan fingerprint density at radius 3 is 1.70 bits per heavy atom. The van der Waals surface area contributed by atoms with Crippen LogP contribution >= 0.6 is 0 Å². The number of aromatic nitrogens is 3. The van der Waals surface area contributed by atoms with Crippen molar-refractivity contribution in [3.05, 3.63) is 200 Å². The molecule has 3 aromatic heterocycles. The first kappa shape index (κ1) is 33.8. The highest BCUT2D eigenvalue weighted by atomic mass is 16.3. The van der Waals surface area contributed by atoms with Crippen LogP contribution < -0.4 is 0 Å². The van der Waals surface area contributed by atoms with E-state index in [0.717, 1.165) is 66.7 Å². The molecule has 3 heterocycles. The number of para-hydroxylation sites is 1. The molecule has 0 spiro atoms. The summed E-state index contributed by atoms with van der Waals surface area (Å²) >= 11 is 0. The largest absolute Gasteiger partial charge is 0.456 e. The quantitative estimate of drug-likeness (QED) is 0.167. The van der Waals surface area contributed by atoms with Gasteiger partial charge in [0.25, 0.3) is 0 Å². The summed E-state index contributed by atoms with van der Waals surface area (Å²) in [4.78, 5) is 11.0. The summed E-state index contributed by atoms with van der Waals surface area (Å²) in [6.07, 6.45) is 0. The first-order valence-corrected chi connectivity index (χ1v) is 20.8. The second-order valence-electron chi connectivity index (χ2n) is 16.1. The molecule has 13 rings (SSSR count). The number of benzene rings is 10. The van der Waals surface area contributed by atoms with Crippen LogP contribution in [0.15, 0.2) is 199 Å². The summed E-state index contributed by atoms with van der Waals surface area (Å²) in [6.45, 7) is 2.17. The van der Waals surface area contributed by atoms with Crippen LogP contribution in [-0.2, 0) is 0 Å². The fourth-order valence-corrected chi connectivity index (χ4v) is 9.86. The molecule has 0 unspecified atom stereocenters. The molecule has 0 aliphatic heterocycles.